The van der Waals surface area contributed by atoms with Crippen LogP contribution in [-0.2, 0) is 0 Å². The van der Waals surface area contributed by atoms with E-state index in [-0.39, 0.29) is 0 Å². The van der Waals surface area contributed by atoms with Crippen molar-refractivity contribution in [2.24, 2.45) is 5.92 Å². The molecule has 0 heterocycles. The lowest BCUT2D eigenvalue weighted by molar-refractivity contribution is 0.659. The third-order valence-corrected chi connectivity index (χ3v) is 1.97. The first-order valence-electron chi connectivity index (χ1n) is 3.71. The Balaban J connectivity index is 2.61. The van der Waals surface area contributed by atoms with Crippen LogP contribution in [0.25, 0.3) is 0 Å². The normalized spacial score (nSPS) is 24.9. The van der Waals surface area contributed by atoms with Crippen molar-refractivity contribution in [2.75, 3.05) is 0 Å². The number of allylic oxidation sites excluding steroid dienone is 4. The summed E-state index contributed by atoms with van der Waals surface area (Å²) in [6.07, 6.45) is 6.65. The van der Waals surface area contributed by atoms with E-state index in [4.69, 9.17) is 0 Å². The van der Waals surface area contributed by atoms with Gasteiger partial charge in [-0.1, -0.05) is 36.5 Å². The maximum Gasteiger partial charge on any atom is -0.00224 e. The van der Waals surface area contributed by atoms with E-state index in [0.717, 1.165) is 6.42 Å². The van der Waals surface area contributed by atoms with E-state index >= 15 is 0 Å². The van der Waals surface area contributed by atoms with E-state index in [1.54, 1.807) is 0 Å². The van der Waals surface area contributed by atoms with Crippen molar-refractivity contribution < 1.29 is 0 Å². The highest BCUT2D eigenvalue weighted by Crippen LogP contribution is 2.24. The van der Waals surface area contributed by atoms with Crippen molar-refractivity contribution in [3.8, 4) is 0 Å². The number of rotatable bonds is 1. The summed E-state index contributed by atoms with van der Waals surface area (Å²) < 4.78 is 0. The second kappa shape index (κ2) is 2.87. The van der Waals surface area contributed by atoms with Gasteiger partial charge in [-0.05, 0) is 25.7 Å². The van der Waals surface area contributed by atoms with Gasteiger partial charge < -0.3 is 0 Å². The van der Waals surface area contributed by atoms with Gasteiger partial charge in [0.05, 0.1) is 0 Å². The Morgan fingerprint density at radius 3 is 2.80 bits per heavy atom. The molecule has 0 N–H and O–H groups in total. The van der Waals surface area contributed by atoms with Gasteiger partial charge in [-0.3, -0.25) is 0 Å². The third kappa shape index (κ3) is 1.60. The van der Waals surface area contributed by atoms with Gasteiger partial charge in [0, 0.05) is 0 Å². The minimum atomic E-state index is 0.602. The van der Waals surface area contributed by atoms with Crippen LogP contribution >= 0.6 is 0 Å². The maximum atomic E-state index is 3.92. The zero-order valence-electron chi connectivity index (χ0n) is 6.56. The van der Waals surface area contributed by atoms with Crippen molar-refractivity contribution in [3.63, 3.8) is 0 Å². The summed E-state index contributed by atoms with van der Waals surface area (Å²) in [4.78, 5) is 0. The standard InChI is InChI=1S/C10H14/c1-8(2)10-6-4-9(3)5-7-10/h4,6,10H,1,3,5,7H2,2H3/t10-/m0/s1. The summed E-state index contributed by atoms with van der Waals surface area (Å²) in [5.74, 6) is 0.602. The van der Waals surface area contributed by atoms with E-state index in [1.807, 2.05) is 0 Å². The van der Waals surface area contributed by atoms with E-state index in [2.05, 4.69) is 32.2 Å². The number of hydrogen-bond acceptors (Lipinski definition) is 0. The highest BCUT2D eigenvalue weighted by atomic mass is 14.1. The molecule has 0 saturated carbocycles. The quantitative estimate of drug-likeness (QED) is 0.483. The van der Waals surface area contributed by atoms with Crippen LogP contribution in [0.4, 0.5) is 0 Å². The molecule has 0 saturated heterocycles. The molecule has 10 heavy (non-hydrogen) atoms. The Hall–Kier alpha value is -0.780. The average molecular weight is 134 g/mol. The Kier molecular flexibility index (Phi) is 2.10. The van der Waals surface area contributed by atoms with Crippen LogP contribution in [0.3, 0.4) is 0 Å². The van der Waals surface area contributed by atoms with Crippen molar-refractivity contribution >= 4 is 0 Å². The predicted octanol–water partition coefficient (Wildman–Crippen LogP) is 3.08. The molecular formula is C10H14. The third-order valence-electron chi connectivity index (χ3n) is 1.97. The molecule has 1 atom stereocenters. The molecular weight excluding hydrogens is 120 g/mol. The van der Waals surface area contributed by atoms with Crippen LogP contribution in [0.15, 0.2) is 36.5 Å². The first-order chi connectivity index (χ1) is 4.70. The lowest BCUT2D eigenvalue weighted by Crippen LogP contribution is -2.01. The molecule has 0 fully saturated rings. The first kappa shape index (κ1) is 7.33. The SMILES string of the molecule is C=C1C=C[C@H](C(=C)C)CC1. The smallest absolute Gasteiger partial charge is 0.00224 e. The van der Waals surface area contributed by atoms with Crippen LogP contribution in [-0.4, -0.2) is 0 Å². The summed E-state index contributed by atoms with van der Waals surface area (Å²) in [7, 11) is 0. The van der Waals surface area contributed by atoms with Crippen molar-refractivity contribution in [1.82, 2.24) is 0 Å². The Morgan fingerprint density at radius 2 is 2.40 bits per heavy atom. The molecule has 1 aliphatic rings. The summed E-state index contributed by atoms with van der Waals surface area (Å²) in [5.41, 5.74) is 2.52. The fraction of sp³-hybridized carbons (Fsp3) is 0.400. The van der Waals surface area contributed by atoms with Gasteiger partial charge in [0.2, 0.25) is 0 Å². The Bertz CT molecular complexity index is 184. The van der Waals surface area contributed by atoms with E-state index in [0.29, 0.717) is 5.92 Å². The summed E-state index contributed by atoms with van der Waals surface area (Å²) in [5, 5.41) is 0. The molecule has 0 amide bonds. The predicted molar refractivity (Wildman–Crippen MR) is 45.8 cm³/mol. The van der Waals surface area contributed by atoms with Crippen LogP contribution in [0.2, 0.25) is 0 Å². The second-order valence-electron chi connectivity index (χ2n) is 3.01. The molecule has 0 aromatic heterocycles. The monoisotopic (exact) mass is 134 g/mol. The average Bonchev–Trinajstić information content (AvgIpc) is 1.88. The molecule has 54 valence electrons. The van der Waals surface area contributed by atoms with Gasteiger partial charge in [-0.25, -0.2) is 0 Å². The Morgan fingerprint density at radius 1 is 1.70 bits per heavy atom. The zero-order chi connectivity index (χ0) is 7.56. The van der Waals surface area contributed by atoms with Gasteiger partial charge in [-0.15, -0.1) is 0 Å². The van der Waals surface area contributed by atoms with Crippen LogP contribution < -0.4 is 0 Å². The fourth-order valence-electron chi connectivity index (χ4n) is 1.18. The molecule has 0 aromatic rings. The van der Waals surface area contributed by atoms with E-state index in [9.17, 15) is 0 Å². The first-order valence-corrected chi connectivity index (χ1v) is 3.71. The van der Waals surface area contributed by atoms with Gasteiger partial charge in [0.15, 0.2) is 0 Å². The van der Waals surface area contributed by atoms with Crippen molar-refractivity contribution in [1.29, 1.82) is 0 Å². The molecule has 0 aromatic carbocycles. The van der Waals surface area contributed by atoms with Crippen LogP contribution in [0, 0.1) is 5.92 Å². The molecule has 1 aliphatic carbocycles. The minimum Gasteiger partial charge on any atom is -0.0995 e. The molecule has 0 heteroatoms. The fourth-order valence-corrected chi connectivity index (χ4v) is 1.18. The molecule has 0 bridgehead atoms. The van der Waals surface area contributed by atoms with Gasteiger partial charge in [0.25, 0.3) is 0 Å². The minimum absolute atomic E-state index is 0.602. The summed E-state index contributed by atoms with van der Waals surface area (Å²) in [6, 6.07) is 0. The van der Waals surface area contributed by atoms with Crippen molar-refractivity contribution in [3.05, 3.63) is 36.5 Å². The van der Waals surface area contributed by atoms with Gasteiger partial charge >= 0.3 is 0 Å². The molecule has 1 rings (SSSR count). The largest absolute Gasteiger partial charge is 0.0995 e. The lowest BCUT2D eigenvalue weighted by atomic mass is 9.89. The zero-order valence-corrected chi connectivity index (χ0v) is 6.56. The van der Waals surface area contributed by atoms with Crippen LogP contribution in [0.5, 0.6) is 0 Å². The van der Waals surface area contributed by atoms with E-state index < -0.39 is 0 Å². The molecule has 0 aliphatic heterocycles. The topological polar surface area (TPSA) is 0 Å². The second-order valence-corrected chi connectivity index (χ2v) is 3.01. The summed E-state index contributed by atoms with van der Waals surface area (Å²) >= 11 is 0. The summed E-state index contributed by atoms with van der Waals surface area (Å²) in [6.45, 7) is 9.90. The molecule has 0 unspecified atom stereocenters. The van der Waals surface area contributed by atoms with Gasteiger partial charge in [0.1, 0.15) is 0 Å². The van der Waals surface area contributed by atoms with Crippen molar-refractivity contribution in [2.45, 2.75) is 19.8 Å². The highest BCUT2D eigenvalue weighted by molar-refractivity contribution is 5.23. The Labute approximate surface area is 62.9 Å². The van der Waals surface area contributed by atoms with Crippen LogP contribution in [0.1, 0.15) is 19.8 Å². The molecule has 0 radical (unpaired) electrons. The molecule has 0 nitrogen and oxygen atoms in total. The maximum absolute atomic E-state index is 3.92. The molecule has 0 spiro atoms. The lowest BCUT2D eigenvalue weighted by Gasteiger charge is -2.16. The van der Waals surface area contributed by atoms with Gasteiger partial charge in [-0.2, -0.15) is 0 Å². The number of hydrogen-bond donors (Lipinski definition) is 0. The highest BCUT2D eigenvalue weighted by Gasteiger charge is 2.09. The van der Waals surface area contributed by atoms with E-state index in [1.165, 1.54) is 17.6 Å².